The topological polar surface area (TPSA) is 91.6 Å². The fourth-order valence-corrected chi connectivity index (χ4v) is 4.03. The summed E-state index contributed by atoms with van der Waals surface area (Å²) in [4.78, 5) is 37.6. The highest BCUT2D eigenvalue weighted by molar-refractivity contribution is 5.94. The maximum atomic E-state index is 12.9. The number of rotatable bonds is 6. The Labute approximate surface area is 185 Å². The zero-order valence-corrected chi connectivity index (χ0v) is 18.3. The fraction of sp³-hybridized carbons (Fsp3) is 0.292. The monoisotopic (exact) mass is 435 g/mol. The summed E-state index contributed by atoms with van der Waals surface area (Å²) in [5, 5.41) is 2.67. The van der Waals surface area contributed by atoms with Crippen LogP contribution in [0.25, 0.3) is 0 Å². The molecular weight excluding hydrogens is 410 g/mol. The van der Waals surface area contributed by atoms with Gasteiger partial charge in [-0.15, -0.1) is 0 Å². The Morgan fingerprint density at radius 1 is 1.00 bits per heavy atom. The predicted octanol–water partition coefficient (Wildman–Crippen LogP) is 2.19. The number of carbonyl (C=O) groups is 1. The molecule has 8 heteroatoms. The van der Waals surface area contributed by atoms with Gasteiger partial charge in [-0.25, -0.2) is 4.79 Å². The van der Waals surface area contributed by atoms with Crippen LogP contribution in [-0.2, 0) is 25.3 Å². The lowest BCUT2D eigenvalue weighted by Gasteiger charge is -2.27. The van der Waals surface area contributed by atoms with Crippen LogP contribution >= 0.6 is 0 Å². The van der Waals surface area contributed by atoms with E-state index in [0.29, 0.717) is 23.7 Å². The lowest BCUT2D eigenvalue weighted by atomic mass is 9.86. The van der Waals surface area contributed by atoms with Crippen LogP contribution in [0.2, 0.25) is 0 Å². The van der Waals surface area contributed by atoms with Crippen molar-refractivity contribution in [3.8, 4) is 11.5 Å². The van der Waals surface area contributed by atoms with Crippen molar-refractivity contribution in [1.29, 1.82) is 0 Å². The van der Waals surface area contributed by atoms with Gasteiger partial charge in [0, 0.05) is 32.9 Å². The molecule has 0 saturated heterocycles. The summed E-state index contributed by atoms with van der Waals surface area (Å²) in [6.07, 6.45) is 0.851. The Balaban J connectivity index is 1.66. The number of methoxy groups -OCH3 is 1. The molecule has 0 saturated carbocycles. The maximum absolute atomic E-state index is 12.9. The molecule has 3 aromatic rings. The molecule has 2 heterocycles. The van der Waals surface area contributed by atoms with Crippen molar-refractivity contribution in [3.63, 3.8) is 0 Å². The number of aromatic nitrogens is 2. The fourth-order valence-electron chi connectivity index (χ4n) is 4.03. The minimum Gasteiger partial charge on any atom is -0.493 e. The molecular formula is C24H25N3O5. The standard InChI is InChI=1S/C24H25N3O5/c1-26-22-21(23(29)27(2)24(26)30)17(14-20(28)25-22)16-9-10-18(19(13-16)31-3)32-12-11-15-7-5-4-6-8-15/h4-10,13,17H,11-12,14H2,1-3H3,(H,25,28). The van der Waals surface area contributed by atoms with Crippen LogP contribution in [0.4, 0.5) is 5.82 Å². The van der Waals surface area contributed by atoms with E-state index in [1.165, 1.54) is 24.2 Å². The van der Waals surface area contributed by atoms with Crippen LogP contribution < -0.4 is 26.0 Å². The molecule has 0 radical (unpaired) electrons. The molecule has 1 aromatic heterocycles. The van der Waals surface area contributed by atoms with Crippen molar-refractivity contribution >= 4 is 11.7 Å². The average molecular weight is 435 g/mol. The maximum Gasteiger partial charge on any atom is 0.332 e. The predicted molar refractivity (Wildman–Crippen MR) is 121 cm³/mol. The molecule has 0 aliphatic carbocycles. The van der Waals surface area contributed by atoms with E-state index in [1.807, 2.05) is 36.4 Å². The van der Waals surface area contributed by atoms with Gasteiger partial charge in [-0.05, 0) is 23.3 Å². The van der Waals surface area contributed by atoms with Crippen LogP contribution in [0.15, 0.2) is 58.1 Å². The molecule has 32 heavy (non-hydrogen) atoms. The van der Waals surface area contributed by atoms with E-state index in [2.05, 4.69) is 5.32 Å². The molecule has 4 rings (SSSR count). The molecule has 1 N–H and O–H groups in total. The molecule has 1 atom stereocenters. The molecule has 2 aromatic carbocycles. The normalized spacial score (nSPS) is 15.1. The van der Waals surface area contributed by atoms with Gasteiger partial charge >= 0.3 is 5.69 Å². The number of fused-ring (bicyclic) bond motifs is 1. The lowest BCUT2D eigenvalue weighted by molar-refractivity contribution is -0.116. The second kappa shape index (κ2) is 8.74. The van der Waals surface area contributed by atoms with E-state index in [-0.39, 0.29) is 18.1 Å². The van der Waals surface area contributed by atoms with E-state index in [0.717, 1.165) is 16.6 Å². The van der Waals surface area contributed by atoms with Crippen molar-refractivity contribution in [3.05, 3.63) is 86.1 Å². The first kappa shape index (κ1) is 21.4. The number of nitrogens with zero attached hydrogens (tertiary/aromatic N) is 2. The first-order valence-corrected chi connectivity index (χ1v) is 10.3. The SMILES string of the molecule is COc1cc(C2CC(=O)Nc3c2c(=O)n(C)c(=O)n3C)ccc1OCCc1ccccc1. The molecule has 1 aliphatic rings. The Bertz CT molecular complexity index is 1280. The summed E-state index contributed by atoms with van der Waals surface area (Å²) in [6.45, 7) is 0.483. The number of hydrogen-bond acceptors (Lipinski definition) is 5. The molecule has 166 valence electrons. The van der Waals surface area contributed by atoms with Crippen LogP contribution in [-0.4, -0.2) is 28.8 Å². The summed E-state index contributed by atoms with van der Waals surface area (Å²) in [5.74, 6) is 0.580. The molecule has 1 aliphatic heterocycles. The number of benzene rings is 2. The molecule has 8 nitrogen and oxygen atoms in total. The lowest BCUT2D eigenvalue weighted by Crippen LogP contribution is -2.44. The molecule has 1 amide bonds. The van der Waals surface area contributed by atoms with E-state index in [1.54, 1.807) is 19.2 Å². The van der Waals surface area contributed by atoms with Gasteiger partial charge in [-0.3, -0.25) is 18.7 Å². The van der Waals surface area contributed by atoms with Gasteiger partial charge in [-0.2, -0.15) is 0 Å². The summed E-state index contributed by atoms with van der Waals surface area (Å²) >= 11 is 0. The summed E-state index contributed by atoms with van der Waals surface area (Å²) in [5.41, 5.74) is 1.39. The molecule has 1 unspecified atom stereocenters. The Hall–Kier alpha value is -3.81. The Morgan fingerprint density at radius 3 is 2.47 bits per heavy atom. The van der Waals surface area contributed by atoms with E-state index in [9.17, 15) is 14.4 Å². The highest BCUT2D eigenvalue weighted by Gasteiger charge is 2.32. The van der Waals surface area contributed by atoms with Crippen LogP contribution in [0, 0.1) is 0 Å². The van der Waals surface area contributed by atoms with Crippen LogP contribution in [0.5, 0.6) is 11.5 Å². The third kappa shape index (κ3) is 3.91. The highest BCUT2D eigenvalue weighted by atomic mass is 16.5. The van der Waals surface area contributed by atoms with Gasteiger partial charge < -0.3 is 14.8 Å². The highest BCUT2D eigenvalue weighted by Crippen LogP contribution is 2.38. The van der Waals surface area contributed by atoms with Crippen molar-refractivity contribution in [2.75, 3.05) is 19.0 Å². The second-order valence-electron chi connectivity index (χ2n) is 7.77. The summed E-state index contributed by atoms with van der Waals surface area (Å²) in [6, 6.07) is 15.4. The quantitative estimate of drug-likeness (QED) is 0.641. The first-order valence-electron chi connectivity index (χ1n) is 10.3. The second-order valence-corrected chi connectivity index (χ2v) is 7.77. The third-order valence-corrected chi connectivity index (χ3v) is 5.78. The van der Waals surface area contributed by atoms with Crippen molar-refractivity contribution in [2.45, 2.75) is 18.8 Å². The number of ether oxygens (including phenoxy) is 2. The van der Waals surface area contributed by atoms with Gasteiger partial charge in [0.2, 0.25) is 5.91 Å². The zero-order chi connectivity index (χ0) is 22.8. The molecule has 0 spiro atoms. The Morgan fingerprint density at radius 2 is 1.75 bits per heavy atom. The van der Waals surface area contributed by atoms with Crippen molar-refractivity contribution < 1.29 is 14.3 Å². The van der Waals surface area contributed by atoms with Gasteiger partial charge in [-0.1, -0.05) is 36.4 Å². The van der Waals surface area contributed by atoms with Gasteiger partial charge in [0.15, 0.2) is 11.5 Å². The molecule has 0 fully saturated rings. The van der Waals surface area contributed by atoms with E-state index >= 15 is 0 Å². The number of amides is 1. The minimum absolute atomic E-state index is 0.0950. The molecule has 0 bridgehead atoms. The number of carbonyl (C=O) groups excluding carboxylic acids is 1. The number of nitrogens with one attached hydrogen (secondary N) is 1. The summed E-state index contributed by atoms with van der Waals surface area (Å²) < 4.78 is 13.8. The Kier molecular flexibility index (Phi) is 5.85. The zero-order valence-electron chi connectivity index (χ0n) is 18.3. The van der Waals surface area contributed by atoms with Crippen molar-refractivity contribution in [1.82, 2.24) is 9.13 Å². The van der Waals surface area contributed by atoms with Gasteiger partial charge in [0.05, 0.1) is 19.3 Å². The smallest absolute Gasteiger partial charge is 0.332 e. The number of anilines is 1. The summed E-state index contributed by atoms with van der Waals surface area (Å²) in [7, 11) is 4.52. The minimum atomic E-state index is -0.503. The third-order valence-electron chi connectivity index (χ3n) is 5.78. The van der Waals surface area contributed by atoms with E-state index in [4.69, 9.17) is 9.47 Å². The van der Waals surface area contributed by atoms with Gasteiger partial charge in [0.25, 0.3) is 5.56 Å². The van der Waals surface area contributed by atoms with Crippen LogP contribution in [0.1, 0.15) is 29.0 Å². The average Bonchev–Trinajstić information content (AvgIpc) is 2.81. The van der Waals surface area contributed by atoms with Crippen LogP contribution in [0.3, 0.4) is 0 Å². The number of hydrogen-bond donors (Lipinski definition) is 1. The van der Waals surface area contributed by atoms with E-state index < -0.39 is 17.2 Å². The first-order chi connectivity index (χ1) is 15.4. The largest absolute Gasteiger partial charge is 0.493 e. The van der Waals surface area contributed by atoms with Gasteiger partial charge in [0.1, 0.15) is 5.82 Å². The van der Waals surface area contributed by atoms with Crippen molar-refractivity contribution in [2.24, 2.45) is 14.1 Å².